The molecule has 0 saturated heterocycles. The summed E-state index contributed by atoms with van der Waals surface area (Å²) in [6.45, 7) is 4.84. The summed E-state index contributed by atoms with van der Waals surface area (Å²) >= 11 is 0. The van der Waals surface area contributed by atoms with Crippen LogP contribution >= 0.6 is 0 Å². The second-order valence-electron chi connectivity index (χ2n) is 13.7. The van der Waals surface area contributed by atoms with Gasteiger partial charge in [-0.2, -0.15) is 0 Å². The molecule has 2 aromatic rings. The molecule has 0 aliphatic heterocycles. The molecule has 2 aromatic carbocycles. The van der Waals surface area contributed by atoms with E-state index in [0.717, 1.165) is 24.3 Å². The normalized spacial score (nSPS) is 11.2. The van der Waals surface area contributed by atoms with Crippen molar-refractivity contribution in [1.82, 2.24) is 0 Å². The summed E-state index contributed by atoms with van der Waals surface area (Å²) in [4.78, 5) is 0. The molecule has 0 fully saturated rings. The Hall–Kier alpha value is -1.96. The van der Waals surface area contributed by atoms with Crippen LogP contribution in [0.3, 0.4) is 0 Å². The highest BCUT2D eigenvalue weighted by Crippen LogP contribution is 2.20. The molecule has 0 spiro atoms. The predicted octanol–water partition coefficient (Wildman–Crippen LogP) is 14.4. The summed E-state index contributed by atoms with van der Waals surface area (Å²) in [5.41, 5.74) is 2.74. The van der Waals surface area contributed by atoms with Crippen molar-refractivity contribution >= 4 is 0 Å². The van der Waals surface area contributed by atoms with Crippen LogP contribution < -0.4 is 9.47 Å². The van der Waals surface area contributed by atoms with Crippen LogP contribution in [0.1, 0.15) is 192 Å². The number of benzene rings is 2. The maximum absolute atomic E-state index is 5.97. The summed E-state index contributed by atoms with van der Waals surface area (Å²) in [5, 5.41) is 0. The summed E-state index contributed by atoms with van der Waals surface area (Å²) in [5.74, 6) is 1.82. The maximum Gasteiger partial charge on any atom is 0.230 e. The predicted molar refractivity (Wildman–Crippen MR) is 198 cm³/mol. The van der Waals surface area contributed by atoms with Crippen LogP contribution in [-0.2, 0) is 12.8 Å². The van der Waals surface area contributed by atoms with Gasteiger partial charge in [0.15, 0.2) is 0 Å². The van der Waals surface area contributed by atoms with Crippen LogP contribution in [-0.4, -0.2) is 6.79 Å². The van der Waals surface area contributed by atoms with E-state index < -0.39 is 0 Å². The Bertz CT molecular complexity index is 833. The lowest BCUT2D eigenvalue weighted by molar-refractivity contribution is 0.119. The van der Waals surface area contributed by atoms with E-state index in [1.165, 1.54) is 178 Å². The molecule has 45 heavy (non-hydrogen) atoms. The van der Waals surface area contributed by atoms with Crippen molar-refractivity contribution in [2.75, 3.05) is 6.79 Å². The van der Waals surface area contributed by atoms with Gasteiger partial charge in [0.2, 0.25) is 6.79 Å². The molecule has 0 heterocycles. The molecule has 2 heteroatoms. The number of hydrogen-bond donors (Lipinski definition) is 0. The zero-order valence-corrected chi connectivity index (χ0v) is 29.9. The van der Waals surface area contributed by atoms with Crippen molar-refractivity contribution in [1.29, 1.82) is 0 Å². The molecule has 0 unspecified atom stereocenters. The van der Waals surface area contributed by atoms with Gasteiger partial charge < -0.3 is 9.47 Å². The molecule has 0 aliphatic rings. The van der Waals surface area contributed by atoms with Gasteiger partial charge in [0.05, 0.1) is 0 Å². The third kappa shape index (κ3) is 23.1. The number of unbranched alkanes of at least 4 members (excludes halogenated alkanes) is 24. The highest BCUT2D eigenvalue weighted by atomic mass is 16.7. The van der Waals surface area contributed by atoms with Crippen molar-refractivity contribution in [2.24, 2.45) is 0 Å². The lowest BCUT2D eigenvalue weighted by Crippen LogP contribution is -2.06. The Kier molecular flexibility index (Phi) is 25.7. The fourth-order valence-corrected chi connectivity index (χ4v) is 6.44. The van der Waals surface area contributed by atoms with E-state index in [-0.39, 0.29) is 6.79 Å². The summed E-state index contributed by atoms with van der Waals surface area (Å²) in [6, 6.07) is 17.2. The first kappa shape index (κ1) is 39.2. The van der Waals surface area contributed by atoms with Gasteiger partial charge in [-0.05, 0) is 61.1 Å². The van der Waals surface area contributed by atoms with Gasteiger partial charge in [-0.3, -0.25) is 0 Å². The minimum absolute atomic E-state index is 0.254. The Morgan fingerprint density at radius 1 is 0.356 bits per heavy atom. The zero-order chi connectivity index (χ0) is 31.9. The molecule has 2 rings (SSSR count). The molecule has 0 N–H and O–H groups in total. The average Bonchev–Trinajstić information content (AvgIpc) is 3.06. The van der Waals surface area contributed by atoms with Crippen LogP contribution in [0.4, 0.5) is 0 Å². The van der Waals surface area contributed by atoms with Crippen molar-refractivity contribution in [3.8, 4) is 11.5 Å². The second-order valence-corrected chi connectivity index (χ2v) is 13.7. The van der Waals surface area contributed by atoms with Crippen LogP contribution in [0.25, 0.3) is 0 Å². The van der Waals surface area contributed by atoms with Crippen molar-refractivity contribution in [3.63, 3.8) is 0 Å². The van der Waals surface area contributed by atoms with Crippen molar-refractivity contribution in [3.05, 3.63) is 59.7 Å². The van der Waals surface area contributed by atoms with Crippen LogP contribution in [0.5, 0.6) is 11.5 Å². The van der Waals surface area contributed by atoms with E-state index in [1.54, 1.807) is 0 Å². The highest BCUT2D eigenvalue weighted by Gasteiger charge is 2.02. The van der Waals surface area contributed by atoms with Gasteiger partial charge in [-0.15, -0.1) is 0 Å². The first-order valence-electron chi connectivity index (χ1n) is 19.7. The Balaban J connectivity index is 1.46. The average molecular weight is 621 g/mol. The van der Waals surface area contributed by atoms with Crippen LogP contribution in [0.15, 0.2) is 48.5 Å². The van der Waals surface area contributed by atoms with Crippen molar-refractivity contribution in [2.45, 2.75) is 194 Å². The summed E-state index contributed by atoms with van der Waals surface area (Å²) in [7, 11) is 0. The summed E-state index contributed by atoms with van der Waals surface area (Å²) < 4.78 is 11.9. The molecule has 0 atom stereocenters. The van der Waals surface area contributed by atoms with Gasteiger partial charge in [0.25, 0.3) is 0 Å². The number of hydrogen-bond acceptors (Lipinski definition) is 2. The first-order chi connectivity index (χ1) is 22.3. The third-order valence-electron chi connectivity index (χ3n) is 9.39. The molecular formula is C43H72O2. The van der Waals surface area contributed by atoms with Gasteiger partial charge in [-0.1, -0.05) is 192 Å². The summed E-state index contributed by atoms with van der Waals surface area (Å²) in [6.07, 6.45) is 38.7. The number of rotatable bonds is 32. The van der Waals surface area contributed by atoms with Gasteiger partial charge in [0, 0.05) is 0 Å². The topological polar surface area (TPSA) is 18.5 Å². The Morgan fingerprint density at radius 2 is 0.644 bits per heavy atom. The van der Waals surface area contributed by atoms with E-state index >= 15 is 0 Å². The molecular weight excluding hydrogens is 548 g/mol. The van der Waals surface area contributed by atoms with E-state index in [1.807, 2.05) is 12.1 Å². The monoisotopic (exact) mass is 621 g/mol. The van der Waals surface area contributed by atoms with E-state index in [9.17, 15) is 0 Å². The fourth-order valence-electron chi connectivity index (χ4n) is 6.44. The SMILES string of the molecule is CCCCCCCCCCCCCCCc1cccc(OCOc2cccc(CCCCCCCCCCCCCCC)c2)c1. The van der Waals surface area contributed by atoms with Gasteiger partial charge in [0.1, 0.15) is 11.5 Å². The van der Waals surface area contributed by atoms with Crippen LogP contribution in [0, 0.1) is 0 Å². The lowest BCUT2D eigenvalue weighted by Gasteiger charge is -2.11. The van der Waals surface area contributed by atoms with Gasteiger partial charge >= 0.3 is 0 Å². The molecule has 0 amide bonds. The largest absolute Gasteiger partial charge is 0.457 e. The molecule has 256 valence electrons. The second kappa shape index (κ2) is 29.4. The van der Waals surface area contributed by atoms with Gasteiger partial charge in [-0.25, -0.2) is 0 Å². The Labute approximate surface area is 280 Å². The Morgan fingerprint density at radius 3 is 0.956 bits per heavy atom. The highest BCUT2D eigenvalue weighted by molar-refractivity contribution is 5.30. The molecule has 2 nitrogen and oxygen atoms in total. The molecule has 0 aromatic heterocycles. The molecule has 0 saturated carbocycles. The smallest absolute Gasteiger partial charge is 0.230 e. The van der Waals surface area contributed by atoms with Crippen molar-refractivity contribution < 1.29 is 9.47 Å². The quantitative estimate of drug-likeness (QED) is 0.0598. The molecule has 0 radical (unpaired) electrons. The maximum atomic E-state index is 5.97. The third-order valence-corrected chi connectivity index (χ3v) is 9.39. The number of ether oxygens (including phenoxy) is 2. The van der Waals surface area contributed by atoms with Crippen LogP contribution in [0.2, 0.25) is 0 Å². The number of aryl methyl sites for hydroxylation is 2. The van der Waals surface area contributed by atoms with E-state index in [0.29, 0.717) is 0 Å². The first-order valence-corrected chi connectivity index (χ1v) is 19.7. The standard InChI is InChI=1S/C43H72O2/c1-3-5-7-9-11-13-15-17-19-21-23-25-27-31-40-33-29-35-42(37-40)44-39-45-43-36-30-34-41(38-43)32-28-26-24-22-20-18-16-14-12-10-8-6-4-2/h29-30,33-38H,3-28,31-32,39H2,1-2H3. The van der Waals surface area contributed by atoms with E-state index in [2.05, 4.69) is 50.2 Å². The molecule has 0 bridgehead atoms. The minimum atomic E-state index is 0.254. The molecule has 0 aliphatic carbocycles. The van der Waals surface area contributed by atoms with E-state index in [4.69, 9.17) is 9.47 Å². The minimum Gasteiger partial charge on any atom is -0.457 e. The fraction of sp³-hybridized carbons (Fsp3) is 0.721. The lowest BCUT2D eigenvalue weighted by atomic mass is 10.0. The zero-order valence-electron chi connectivity index (χ0n) is 29.9.